The van der Waals surface area contributed by atoms with Crippen molar-refractivity contribution in [1.82, 2.24) is 5.32 Å². The number of rotatable bonds is 7. The van der Waals surface area contributed by atoms with Gasteiger partial charge in [-0.3, -0.25) is 4.79 Å². The van der Waals surface area contributed by atoms with Crippen LogP contribution in [-0.4, -0.2) is 12.0 Å². The number of carbonyl (C=O) groups excluding carboxylic acids is 1. The highest BCUT2D eigenvalue weighted by atomic mass is 16.5. The molecule has 2 atom stereocenters. The lowest BCUT2D eigenvalue weighted by Gasteiger charge is -2.24. The molecule has 0 aliphatic rings. The Labute approximate surface area is 173 Å². The number of aryl methyl sites for hydroxylation is 3. The zero-order valence-electron chi connectivity index (χ0n) is 17.6. The van der Waals surface area contributed by atoms with E-state index in [1.165, 1.54) is 5.56 Å². The van der Waals surface area contributed by atoms with E-state index in [0.29, 0.717) is 6.42 Å². The summed E-state index contributed by atoms with van der Waals surface area (Å²) in [5.74, 6) is 0.654. The number of hydrogen-bond acceptors (Lipinski definition) is 2. The van der Waals surface area contributed by atoms with Crippen LogP contribution in [0.3, 0.4) is 0 Å². The number of nitrogens with one attached hydrogen (secondary N) is 1. The predicted molar refractivity (Wildman–Crippen MR) is 118 cm³/mol. The average molecular weight is 388 g/mol. The van der Waals surface area contributed by atoms with Gasteiger partial charge in [0.25, 0.3) is 5.91 Å². The molecule has 3 nitrogen and oxygen atoms in total. The molecule has 0 aliphatic carbocycles. The number of hydrogen-bond donors (Lipinski definition) is 1. The lowest BCUT2D eigenvalue weighted by molar-refractivity contribution is -0.128. The summed E-state index contributed by atoms with van der Waals surface area (Å²) in [5.41, 5.74) is 5.43. The normalized spacial score (nSPS) is 12.8. The highest BCUT2D eigenvalue weighted by Gasteiger charge is 2.24. The maximum Gasteiger partial charge on any atom is 0.261 e. The molecular formula is C26H29NO2. The van der Waals surface area contributed by atoms with E-state index < -0.39 is 6.10 Å². The minimum absolute atomic E-state index is 0.108. The summed E-state index contributed by atoms with van der Waals surface area (Å²) in [7, 11) is 0. The lowest BCUT2D eigenvalue weighted by atomic mass is 9.97. The summed E-state index contributed by atoms with van der Waals surface area (Å²) < 4.78 is 6.12. The molecule has 0 saturated heterocycles. The number of carbonyl (C=O) groups is 1. The van der Waals surface area contributed by atoms with Crippen molar-refractivity contribution < 1.29 is 9.53 Å². The SMILES string of the molecule is CC[C@@H](Oc1cc(C)ccc1C)C(=O)N[C@H](c1ccccc1)c1ccc(C)cc1. The van der Waals surface area contributed by atoms with E-state index in [1.54, 1.807) is 0 Å². The van der Waals surface area contributed by atoms with Gasteiger partial charge in [0.1, 0.15) is 5.75 Å². The molecule has 0 spiro atoms. The topological polar surface area (TPSA) is 38.3 Å². The van der Waals surface area contributed by atoms with E-state index in [1.807, 2.05) is 69.3 Å². The predicted octanol–water partition coefficient (Wildman–Crippen LogP) is 5.68. The van der Waals surface area contributed by atoms with Gasteiger partial charge in [-0.15, -0.1) is 0 Å². The zero-order valence-corrected chi connectivity index (χ0v) is 17.6. The number of amides is 1. The first-order valence-corrected chi connectivity index (χ1v) is 10.1. The third-order valence-electron chi connectivity index (χ3n) is 5.11. The molecular weight excluding hydrogens is 358 g/mol. The first kappa shape index (κ1) is 20.7. The highest BCUT2D eigenvalue weighted by molar-refractivity contribution is 5.82. The molecule has 3 rings (SSSR count). The average Bonchev–Trinajstić information content (AvgIpc) is 2.74. The maximum absolute atomic E-state index is 13.2. The van der Waals surface area contributed by atoms with E-state index in [9.17, 15) is 4.79 Å². The third-order valence-corrected chi connectivity index (χ3v) is 5.11. The van der Waals surface area contributed by atoms with Crippen LogP contribution >= 0.6 is 0 Å². The fourth-order valence-electron chi connectivity index (χ4n) is 3.31. The summed E-state index contributed by atoms with van der Waals surface area (Å²) in [6, 6.07) is 24.2. The molecule has 1 amide bonds. The van der Waals surface area contributed by atoms with Crippen LogP contribution in [0.2, 0.25) is 0 Å². The smallest absolute Gasteiger partial charge is 0.261 e. The summed E-state index contributed by atoms with van der Waals surface area (Å²) >= 11 is 0. The van der Waals surface area contributed by atoms with E-state index in [-0.39, 0.29) is 11.9 Å². The molecule has 0 aliphatic heterocycles. The van der Waals surface area contributed by atoms with Crippen molar-refractivity contribution in [3.63, 3.8) is 0 Å². The molecule has 0 unspecified atom stereocenters. The second kappa shape index (κ2) is 9.42. The lowest BCUT2D eigenvalue weighted by Crippen LogP contribution is -2.40. The second-order valence-electron chi connectivity index (χ2n) is 7.55. The number of ether oxygens (including phenoxy) is 1. The van der Waals surface area contributed by atoms with Gasteiger partial charge in [0, 0.05) is 0 Å². The monoisotopic (exact) mass is 387 g/mol. The summed E-state index contributed by atoms with van der Waals surface area (Å²) in [5, 5.41) is 3.21. The van der Waals surface area contributed by atoms with Crippen molar-refractivity contribution in [1.29, 1.82) is 0 Å². The van der Waals surface area contributed by atoms with Crippen molar-refractivity contribution in [3.05, 3.63) is 101 Å². The second-order valence-corrected chi connectivity index (χ2v) is 7.55. The van der Waals surface area contributed by atoms with Gasteiger partial charge in [-0.2, -0.15) is 0 Å². The largest absolute Gasteiger partial charge is 0.480 e. The molecule has 3 heteroatoms. The first-order chi connectivity index (χ1) is 14.0. The molecule has 1 N–H and O–H groups in total. The molecule has 29 heavy (non-hydrogen) atoms. The van der Waals surface area contributed by atoms with Gasteiger partial charge < -0.3 is 10.1 Å². The Kier molecular flexibility index (Phi) is 6.71. The fraction of sp³-hybridized carbons (Fsp3) is 0.269. The van der Waals surface area contributed by atoms with Crippen molar-refractivity contribution in [2.45, 2.75) is 46.3 Å². The minimum atomic E-state index is -0.549. The van der Waals surface area contributed by atoms with Crippen molar-refractivity contribution in [2.75, 3.05) is 0 Å². The Hall–Kier alpha value is -3.07. The summed E-state index contributed by atoms with van der Waals surface area (Å²) in [6.07, 6.45) is 0.0430. The van der Waals surface area contributed by atoms with Gasteiger partial charge in [-0.25, -0.2) is 0 Å². The van der Waals surface area contributed by atoms with Crippen LogP contribution in [0.1, 0.15) is 47.2 Å². The Morgan fingerprint density at radius 3 is 2.14 bits per heavy atom. The van der Waals surface area contributed by atoms with Crippen molar-refractivity contribution in [2.24, 2.45) is 0 Å². The Balaban J connectivity index is 1.84. The molecule has 0 saturated carbocycles. The van der Waals surface area contributed by atoms with Gasteiger partial charge in [-0.1, -0.05) is 79.2 Å². The van der Waals surface area contributed by atoms with Crippen LogP contribution in [0.4, 0.5) is 0 Å². The van der Waals surface area contributed by atoms with Crippen LogP contribution in [-0.2, 0) is 4.79 Å². The zero-order chi connectivity index (χ0) is 20.8. The standard InChI is InChI=1S/C26H29NO2/c1-5-23(29-24-17-19(3)11-14-20(24)4)26(28)27-25(21-9-7-6-8-10-21)22-15-12-18(2)13-16-22/h6-17,23,25H,5H2,1-4H3,(H,27,28)/t23-,25-/m1/s1. The summed E-state index contributed by atoms with van der Waals surface area (Å²) in [4.78, 5) is 13.2. The number of benzene rings is 3. The van der Waals surface area contributed by atoms with Gasteiger partial charge in [0.05, 0.1) is 6.04 Å². The van der Waals surface area contributed by atoms with Gasteiger partial charge in [-0.05, 0) is 55.5 Å². The van der Waals surface area contributed by atoms with Crippen LogP contribution in [0.25, 0.3) is 0 Å². The van der Waals surface area contributed by atoms with Gasteiger partial charge in [0.2, 0.25) is 0 Å². The van der Waals surface area contributed by atoms with Crippen LogP contribution < -0.4 is 10.1 Å². The Morgan fingerprint density at radius 1 is 0.862 bits per heavy atom. The van der Waals surface area contributed by atoms with Crippen LogP contribution in [0.5, 0.6) is 5.75 Å². The first-order valence-electron chi connectivity index (χ1n) is 10.1. The van der Waals surface area contributed by atoms with Gasteiger partial charge >= 0.3 is 0 Å². The Morgan fingerprint density at radius 2 is 1.48 bits per heavy atom. The van der Waals surface area contributed by atoms with E-state index >= 15 is 0 Å². The van der Waals surface area contributed by atoms with Crippen molar-refractivity contribution >= 4 is 5.91 Å². The van der Waals surface area contributed by atoms with Crippen LogP contribution in [0, 0.1) is 20.8 Å². The molecule has 3 aromatic carbocycles. The fourth-order valence-corrected chi connectivity index (χ4v) is 3.31. The molecule has 0 bridgehead atoms. The maximum atomic E-state index is 13.2. The molecule has 0 heterocycles. The molecule has 0 aromatic heterocycles. The minimum Gasteiger partial charge on any atom is -0.480 e. The van der Waals surface area contributed by atoms with Crippen molar-refractivity contribution in [3.8, 4) is 5.75 Å². The Bertz CT molecular complexity index is 948. The summed E-state index contributed by atoms with van der Waals surface area (Å²) in [6.45, 7) is 8.05. The van der Waals surface area contributed by atoms with E-state index in [2.05, 4.69) is 36.5 Å². The van der Waals surface area contributed by atoms with E-state index in [0.717, 1.165) is 28.0 Å². The highest BCUT2D eigenvalue weighted by Crippen LogP contribution is 2.25. The van der Waals surface area contributed by atoms with E-state index in [4.69, 9.17) is 4.74 Å². The quantitative estimate of drug-likeness (QED) is 0.567. The third kappa shape index (κ3) is 5.26. The molecule has 0 fully saturated rings. The van der Waals surface area contributed by atoms with Crippen LogP contribution in [0.15, 0.2) is 72.8 Å². The molecule has 3 aromatic rings. The molecule has 150 valence electrons. The van der Waals surface area contributed by atoms with Gasteiger partial charge in [0.15, 0.2) is 6.10 Å². The molecule has 0 radical (unpaired) electrons.